The lowest BCUT2D eigenvalue weighted by Gasteiger charge is -2.33. The number of carbonyl (C=O) groups excluding carboxylic acids is 2. The minimum atomic E-state index is 0.0661. The predicted octanol–water partition coefficient (Wildman–Crippen LogP) is 0.462. The Bertz CT molecular complexity index is 651. The molecule has 0 aliphatic carbocycles. The summed E-state index contributed by atoms with van der Waals surface area (Å²) in [5.41, 5.74) is 0.919. The van der Waals surface area contributed by atoms with Gasteiger partial charge >= 0.3 is 0 Å². The van der Waals surface area contributed by atoms with Crippen LogP contribution in [0.3, 0.4) is 0 Å². The Kier molecular flexibility index (Phi) is 6.84. The van der Waals surface area contributed by atoms with Gasteiger partial charge in [0, 0.05) is 64.7 Å². The van der Waals surface area contributed by atoms with Gasteiger partial charge in [0.25, 0.3) is 0 Å². The monoisotopic (exact) mass is 376 g/mol. The van der Waals surface area contributed by atoms with Crippen molar-refractivity contribution in [1.29, 1.82) is 0 Å². The van der Waals surface area contributed by atoms with Gasteiger partial charge in [-0.05, 0) is 19.9 Å². The van der Waals surface area contributed by atoms with Crippen LogP contribution in [0.1, 0.15) is 31.9 Å². The van der Waals surface area contributed by atoms with Crippen molar-refractivity contribution in [3.8, 4) is 0 Å². The largest absolute Gasteiger partial charge is 0.355 e. The molecular formula is C19H32N6O2. The smallest absolute Gasteiger partial charge is 0.229 e. The lowest BCUT2D eigenvalue weighted by molar-refractivity contribution is -0.122. The summed E-state index contributed by atoms with van der Waals surface area (Å²) in [6, 6.07) is 1.94. The molecule has 0 radical (unpaired) electrons. The van der Waals surface area contributed by atoms with Gasteiger partial charge in [-0.15, -0.1) is 0 Å². The van der Waals surface area contributed by atoms with Gasteiger partial charge in [-0.2, -0.15) is 5.10 Å². The first-order chi connectivity index (χ1) is 13.1. The Morgan fingerprint density at radius 1 is 1.15 bits per heavy atom. The molecule has 0 spiro atoms. The number of piperazine rings is 1. The van der Waals surface area contributed by atoms with Crippen molar-refractivity contribution in [1.82, 2.24) is 24.9 Å². The number of carbonyl (C=O) groups is 2. The molecule has 2 aliphatic heterocycles. The fourth-order valence-electron chi connectivity index (χ4n) is 3.79. The fraction of sp³-hybridized carbons (Fsp3) is 0.737. The maximum absolute atomic E-state index is 12.2. The molecule has 3 heterocycles. The molecule has 1 saturated heterocycles. The summed E-state index contributed by atoms with van der Waals surface area (Å²) >= 11 is 0. The van der Waals surface area contributed by atoms with E-state index < -0.39 is 0 Å². The Labute approximate surface area is 161 Å². The first-order valence-corrected chi connectivity index (χ1v) is 10.1. The van der Waals surface area contributed by atoms with E-state index in [9.17, 15) is 9.59 Å². The van der Waals surface area contributed by atoms with Gasteiger partial charge in [0.15, 0.2) is 0 Å². The SMILES string of the molecule is CCN1CCN(CCNC(=O)CCCN2C(=O)CCn3nc(C)cc32)CC1. The average Bonchev–Trinajstić information content (AvgIpc) is 3.05. The summed E-state index contributed by atoms with van der Waals surface area (Å²) in [4.78, 5) is 30.9. The average molecular weight is 377 g/mol. The van der Waals surface area contributed by atoms with Gasteiger partial charge < -0.3 is 10.2 Å². The highest BCUT2D eigenvalue weighted by atomic mass is 16.2. The number of hydrogen-bond donors (Lipinski definition) is 1. The number of hydrogen-bond acceptors (Lipinski definition) is 5. The number of nitrogens with one attached hydrogen (secondary N) is 1. The fourth-order valence-corrected chi connectivity index (χ4v) is 3.79. The number of likely N-dealkylation sites (N-methyl/N-ethyl adjacent to an activating group) is 1. The molecule has 2 aliphatic rings. The zero-order valence-electron chi connectivity index (χ0n) is 16.6. The van der Waals surface area contributed by atoms with E-state index in [1.54, 1.807) is 4.90 Å². The number of fused-ring (bicyclic) bond motifs is 1. The summed E-state index contributed by atoms with van der Waals surface area (Å²) in [6.07, 6.45) is 1.59. The molecule has 0 atom stereocenters. The summed E-state index contributed by atoms with van der Waals surface area (Å²) in [5, 5.41) is 7.42. The normalized spacial score (nSPS) is 18.6. The van der Waals surface area contributed by atoms with Crippen LogP contribution in [0.2, 0.25) is 0 Å². The highest BCUT2D eigenvalue weighted by molar-refractivity contribution is 5.93. The molecule has 0 saturated carbocycles. The van der Waals surface area contributed by atoms with Crippen LogP contribution < -0.4 is 10.2 Å². The molecule has 3 rings (SSSR count). The van der Waals surface area contributed by atoms with Crippen molar-refractivity contribution >= 4 is 17.6 Å². The number of rotatable bonds is 8. The third-order valence-corrected chi connectivity index (χ3v) is 5.44. The van der Waals surface area contributed by atoms with Gasteiger partial charge in [0.2, 0.25) is 11.8 Å². The van der Waals surface area contributed by atoms with E-state index in [1.165, 1.54) is 0 Å². The maximum atomic E-state index is 12.2. The molecule has 1 N–H and O–H groups in total. The standard InChI is InChI=1S/C19H32N6O2/c1-3-22-11-13-23(14-12-22)10-7-20-17(26)5-4-8-24-18-15-16(2)21-25(18)9-6-19(24)27/h15H,3-14H2,1-2H3,(H,20,26). The summed E-state index contributed by atoms with van der Waals surface area (Å²) < 4.78 is 1.88. The first kappa shape index (κ1) is 19.8. The Morgan fingerprint density at radius 2 is 1.89 bits per heavy atom. The van der Waals surface area contributed by atoms with Crippen LogP contribution in [0, 0.1) is 6.92 Å². The highest BCUT2D eigenvalue weighted by Gasteiger charge is 2.25. The van der Waals surface area contributed by atoms with Crippen molar-refractivity contribution in [2.75, 3.05) is 57.3 Å². The zero-order valence-corrected chi connectivity index (χ0v) is 16.6. The number of aromatic nitrogens is 2. The van der Waals surface area contributed by atoms with Gasteiger partial charge in [-0.25, -0.2) is 4.68 Å². The van der Waals surface area contributed by atoms with Crippen LogP contribution in [0.4, 0.5) is 5.82 Å². The second-order valence-corrected chi connectivity index (χ2v) is 7.39. The quantitative estimate of drug-likeness (QED) is 0.714. The molecule has 0 aromatic carbocycles. The Hall–Kier alpha value is -1.93. The molecule has 2 amide bonds. The van der Waals surface area contributed by atoms with Crippen LogP contribution in [0.5, 0.6) is 0 Å². The van der Waals surface area contributed by atoms with Crippen molar-refractivity contribution < 1.29 is 9.59 Å². The summed E-state index contributed by atoms with van der Waals surface area (Å²) in [6.45, 7) is 12.4. The minimum Gasteiger partial charge on any atom is -0.355 e. The molecule has 1 aromatic heterocycles. The third-order valence-electron chi connectivity index (χ3n) is 5.44. The van der Waals surface area contributed by atoms with Crippen LogP contribution in [0.25, 0.3) is 0 Å². The van der Waals surface area contributed by atoms with E-state index in [0.717, 1.165) is 50.8 Å². The maximum Gasteiger partial charge on any atom is 0.229 e. The molecule has 150 valence electrons. The predicted molar refractivity (Wildman–Crippen MR) is 105 cm³/mol. The lowest BCUT2D eigenvalue weighted by atomic mass is 10.2. The highest BCUT2D eigenvalue weighted by Crippen LogP contribution is 2.22. The lowest BCUT2D eigenvalue weighted by Crippen LogP contribution is -2.48. The van der Waals surface area contributed by atoms with Crippen molar-refractivity contribution in [3.05, 3.63) is 11.8 Å². The van der Waals surface area contributed by atoms with Crippen molar-refractivity contribution in [2.45, 2.75) is 39.7 Å². The molecule has 8 heteroatoms. The van der Waals surface area contributed by atoms with E-state index >= 15 is 0 Å². The molecule has 8 nitrogen and oxygen atoms in total. The second kappa shape index (κ2) is 9.32. The van der Waals surface area contributed by atoms with Crippen molar-refractivity contribution in [2.24, 2.45) is 0 Å². The van der Waals surface area contributed by atoms with Gasteiger partial charge in [0.1, 0.15) is 5.82 Å². The van der Waals surface area contributed by atoms with E-state index in [4.69, 9.17) is 0 Å². The Morgan fingerprint density at radius 3 is 2.63 bits per heavy atom. The second-order valence-electron chi connectivity index (χ2n) is 7.39. The summed E-state index contributed by atoms with van der Waals surface area (Å²) in [7, 11) is 0. The molecule has 1 aromatic rings. The topological polar surface area (TPSA) is 73.7 Å². The van der Waals surface area contributed by atoms with Gasteiger partial charge in [-0.1, -0.05) is 6.92 Å². The van der Waals surface area contributed by atoms with Crippen LogP contribution >= 0.6 is 0 Å². The molecular weight excluding hydrogens is 344 g/mol. The number of nitrogens with zero attached hydrogens (tertiary/aromatic N) is 5. The van der Waals surface area contributed by atoms with Gasteiger partial charge in [0.05, 0.1) is 12.2 Å². The van der Waals surface area contributed by atoms with E-state index in [-0.39, 0.29) is 11.8 Å². The third kappa shape index (κ3) is 5.29. The molecule has 27 heavy (non-hydrogen) atoms. The first-order valence-electron chi connectivity index (χ1n) is 10.1. The number of aryl methyl sites for hydroxylation is 2. The number of amides is 2. The minimum absolute atomic E-state index is 0.0661. The summed E-state index contributed by atoms with van der Waals surface area (Å²) in [5.74, 6) is 1.04. The van der Waals surface area contributed by atoms with Crippen molar-refractivity contribution in [3.63, 3.8) is 0 Å². The van der Waals surface area contributed by atoms with E-state index in [2.05, 4.69) is 27.1 Å². The molecule has 0 unspecified atom stereocenters. The van der Waals surface area contributed by atoms with E-state index in [1.807, 2.05) is 17.7 Å². The van der Waals surface area contributed by atoms with E-state index in [0.29, 0.717) is 38.9 Å². The number of anilines is 1. The van der Waals surface area contributed by atoms with Gasteiger partial charge in [-0.3, -0.25) is 19.4 Å². The van der Waals surface area contributed by atoms with Crippen LogP contribution in [0.15, 0.2) is 6.07 Å². The van der Waals surface area contributed by atoms with Crippen LogP contribution in [-0.2, 0) is 16.1 Å². The van der Waals surface area contributed by atoms with Crippen LogP contribution in [-0.4, -0.2) is 83.8 Å². The molecule has 1 fully saturated rings. The molecule has 0 bridgehead atoms. The zero-order chi connectivity index (χ0) is 19.2. The Balaban J connectivity index is 1.33.